The first kappa shape index (κ1) is 19.8. The number of amides is 1. The Morgan fingerprint density at radius 3 is 2.46 bits per heavy atom. The molecule has 0 heterocycles. The summed E-state index contributed by atoms with van der Waals surface area (Å²) in [5, 5.41) is 2.71. The predicted octanol–water partition coefficient (Wildman–Crippen LogP) is 2.75. The Morgan fingerprint density at radius 1 is 1.15 bits per heavy atom. The van der Waals surface area contributed by atoms with Crippen LogP contribution in [0, 0.1) is 18.6 Å². The Bertz CT molecular complexity index is 901. The van der Waals surface area contributed by atoms with Crippen molar-refractivity contribution in [2.75, 3.05) is 17.1 Å². The minimum atomic E-state index is -3.83. The monoisotopic (exact) mass is 382 g/mol. The summed E-state index contributed by atoms with van der Waals surface area (Å²) in [6.07, 6.45) is 0.747. The van der Waals surface area contributed by atoms with E-state index in [9.17, 15) is 22.0 Å². The summed E-state index contributed by atoms with van der Waals surface area (Å²) < 4.78 is 51.6. The molecule has 0 bridgehead atoms. The number of sulfonamides is 1. The summed E-state index contributed by atoms with van der Waals surface area (Å²) in [5.74, 6) is -2.18. The van der Waals surface area contributed by atoms with Gasteiger partial charge in [0.05, 0.1) is 11.9 Å². The van der Waals surface area contributed by atoms with Gasteiger partial charge in [-0.25, -0.2) is 17.2 Å². The number of benzene rings is 2. The van der Waals surface area contributed by atoms with E-state index in [1.165, 1.54) is 0 Å². The lowest BCUT2D eigenvalue weighted by molar-refractivity contribution is -0.121. The normalized spacial score (nSPS) is 11.2. The van der Waals surface area contributed by atoms with Crippen molar-refractivity contribution in [3.63, 3.8) is 0 Å². The maximum Gasteiger partial charge on any atom is 0.232 e. The topological polar surface area (TPSA) is 66.5 Å². The highest BCUT2D eigenvalue weighted by molar-refractivity contribution is 7.92. The van der Waals surface area contributed by atoms with Crippen molar-refractivity contribution in [2.24, 2.45) is 0 Å². The zero-order valence-electron chi connectivity index (χ0n) is 14.5. The van der Waals surface area contributed by atoms with Gasteiger partial charge in [0.25, 0.3) is 0 Å². The summed E-state index contributed by atoms with van der Waals surface area (Å²) >= 11 is 0. The van der Waals surface area contributed by atoms with E-state index < -0.39 is 21.7 Å². The number of nitrogens with zero attached hydrogens (tertiary/aromatic N) is 1. The lowest BCUT2D eigenvalue weighted by Crippen LogP contribution is -2.35. The largest absolute Gasteiger partial charge is 0.352 e. The van der Waals surface area contributed by atoms with Crippen LogP contribution in [0.2, 0.25) is 0 Å². The van der Waals surface area contributed by atoms with E-state index in [1.54, 1.807) is 0 Å². The first-order valence-corrected chi connectivity index (χ1v) is 9.77. The predicted molar refractivity (Wildman–Crippen MR) is 96.2 cm³/mol. The van der Waals surface area contributed by atoms with Crippen LogP contribution in [0.25, 0.3) is 0 Å². The van der Waals surface area contributed by atoms with Crippen molar-refractivity contribution in [2.45, 2.75) is 19.9 Å². The number of carbonyl (C=O) groups is 1. The molecule has 2 rings (SSSR count). The molecule has 5 nitrogen and oxygen atoms in total. The Hall–Kier alpha value is -2.48. The highest BCUT2D eigenvalue weighted by Crippen LogP contribution is 2.22. The summed E-state index contributed by atoms with van der Waals surface area (Å²) in [6.45, 7) is 1.99. The Labute approximate surface area is 151 Å². The molecule has 2 aromatic carbocycles. The molecule has 0 aromatic heterocycles. The average molecular weight is 382 g/mol. The van der Waals surface area contributed by atoms with Crippen molar-refractivity contribution < 1.29 is 22.0 Å². The van der Waals surface area contributed by atoms with Crippen molar-refractivity contribution in [1.29, 1.82) is 0 Å². The van der Waals surface area contributed by atoms with Gasteiger partial charge in [-0.05, 0) is 30.2 Å². The molecular weight excluding hydrogens is 362 g/mol. The van der Waals surface area contributed by atoms with Crippen molar-refractivity contribution in [1.82, 2.24) is 5.32 Å². The van der Waals surface area contributed by atoms with Gasteiger partial charge < -0.3 is 5.32 Å². The highest BCUT2D eigenvalue weighted by Gasteiger charge is 2.22. The second-order valence-corrected chi connectivity index (χ2v) is 7.79. The van der Waals surface area contributed by atoms with E-state index in [4.69, 9.17) is 0 Å². The van der Waals surface area contributed by atoms with Crippen molar-refractivity contribution in [3.8, 4) is 0 Å². The zero-order chi connectivity index (χ0) is 19.3. The maximum atomic E-state index is 13.9. The van der Waals surface area contributed by atoms with Crippen LogP contribution in [0.1, 0.15) is 17.5 Å². The molecule has 8 heteroatoms. The van der Waals surface area contributed by atoms with E-state index in [0.717, 1.165) is 33.8 Å². The summed E-state index contributed by atoms with van der Waals surface area (Å²) in [6, 6.07) is 10.2. The van der Waals surface area contributed by atoms with Crippen LogP contribution in [-0.4, -0.2) is 27.1 Å². The van der Waals surface area contributed by atoms with E-state index >= 15 is 0 Å². The number of halogens is 2. The fourth-order valence-electron chi connectivity index (χ4n) is 2.44. The average Bonchev–Trinajstić information content (AvgIpc) is 2.55. The van der Waals surface area contributed by atoms with Gasteiger partial charge in [0.2, 0.25) is 15.9 Å². The Balaban J connectivity index is 2.03. The van der Waals surface area contributed by atoms with Crippen LogP contribution in [0.15, 0.2) is 42.5 Å². The Morgan fingerprint density at radius 2 is 1.85 bits per heavy atom. The molecule has 0 aliphatic rings. The third kappa shape index (κ3) is 5.26. The molecule has 1 amide bonds. The molecule has 1 N–H and O–H groups in total. The lowest BCUT2D eigenvalue weighted by Gasteiger charge is -2.22. The standard InChI is InChI=1S/C18H20F2N2O3S/c1-13-5-3-4-6-14(13)12-21-18(23)9-10-22(26(2,24)25)17-8-7-15(19)11-16(17)20/h3-8,11H,9-10,12H2,1-2H3,(H,21,23). The highest BCUT2D eigenvalue weighted by atomic mass is 32.2. The molecule has 0 saturated heterocycles. The van der Waals surface area contributed by atoms with Crippen LogP contribution < -0.4 is 9.62 Å². The van der Waals surface area contributed by atoms with Crippen molar-refractivity contribution >= 4 is 21.6 Å². The molecule has 0 aliphatic heterocycles. The molecule has 2 aromatic rings. The fourth-order valence-corrected chi connectivity index (χ4v) is 3.37. The second-order valence-electron chi connectivity index (χ2n) is 5.88. The molecule has 140 valence electrons. The van der Waals surface area contributed by atoms with E-state index in [1.807, 2.05) is 31.2 Å². The number of anilines is 1. The number of rotatable bonds is 7. The molecule has 0 atom stereocenters. The van der Waals surface area contributed by atoms with Gasteiger partial charge in [0, 0.05) is 25.6 Å². The Kier molecular flexibility index (Phi) is 6.31. The smallest absolute Gasteiger partial charge is 0.232 e. The number of hydrogen-bond donors (Lipinski definition) is 1. The van der Waals surface area contributed by atoms with Crippen LogP contribution in [0.3, 0.4) is 0 Å². The summed E-state index contributed by atoms with van der Waals surface area (Å²) in [4.78, 5) is 12.0. The molecule has 0 saturated carbocycles. The SMILES string of the molecule is Cc1ccccc1CNC(=O)CCN(c1ccc(F)cc1F)S(C)(=O)=O. The van der Waals surface area contributed by atoms with Gasteiger partial charge >= 0.3 is 0 Å². The molecule has 0 fully saturated rings. The zero-order valence-corrected chi connectivity index (χ0v) is 15.3. The molecule has 0 radical (unpaired) electrons. The number of aryl methyl sites for hydroxylation is 1. The minimum Gasteiger partial charge on any atom is -0.352 e. The molecular formula is C18H20F2N2O3S. The van der Waals surface area contributed by atoms with Gasteiger partial charge in [-0.15, -0.1) is 0 Å². The first-order valence-electron chi connectivity index (χ1n) is 7.92. The third-order valence-corrected chi connectivity index (χ3v) is 5.04. The second kappa shape index (κ2) is 8.27. The molecule has 0 unspecified atom stereocenters. The number of nitrogens with one attached hydrogen (secondary N) is 1. The van der Waals surface area contributed by atoms with Crippen molar-refractivity contribution in [3.05, 3.63) is 65.2 Å². The van der Waals surface area contributed by atoms with E-state index in [2.05, 4.69) is 5.32 Å². The number of carbonyl (C=O) groups excluding carboxylic acids is 1. The van der Waals surface area contributed by atoms with Crippen LogP contribution in [0.5, 0.6) is 0 Å². The van der Waals surface area contributed by atoms with Crippen LogP contribution >= 0.6 is 0 Å². The van der Waals surface area contributed by atoms with Gasteiger partial charge in [-0.3, -0.25) is 9.10 Å². The molecule has 0 spiro atoms. The quantitative estimate of drug-likeness (QED) is 0.801. The van der Waals surface area contributed by atoms with Gasteiger partial charge in [-0.1, -0.05) is 24.3 Å². The van der Waals surface area contributed by atoms with E-state index in [-0.39, 0.29) is 24.6 Å². The van der Waals surface area contributed by atoms with E-state index in [0.29, 0.717) is 12.6 Å². The summed E-state index contributed by atoms with van der Waals surface area (Å²) in [7, 11) is -3.83. The minimum absolute atomic E-state index is 0.157. The fraction of sp³-hybridized carbons (Fsp3) is 0.278. The first-order chi connectivity index (χ1) is 12.2. The molecule has 0 aliphatic carbocycles. The maximum absolute atomic E-state index is 13.9. The third-order valence-electron chi connectivity index (χ3n) is 3.86. The lowest BCUT2D eigenvalue weighted by atomic mass is 10.1. The summed E-state index contributed by atoms with van der Waals surface area (Å²) in [5.41, 5.74) is 1.69. The van der Waals surface area contributed by atoms with Gasteiger partial charge in [0.15, 0.2) is 0 Å². The number of hydrogen-bond acceptors (Lipinski definition) is 3. The van der Waals surface area contributed by atoms with Crippen LogP contribution in [-0.2, 0) is 21.4 Å². The van der Waals surface area contributed by atoms with Gasteiger partial charge in [-0.2, -0.15) is 0 Å². The van der Waals surface area contributed by atoms with Crippen LogP contribution in [0.4, 0.5) is 14.5 Å². The molecule has 26 heavy (non-hydrogen) atoms. The van der Waals surface area contributed by atoms with Gasteiger partial charge in [0.1, 0.15) is 11.6 Å².